The highest BCUT2D eigenvalue weighted by Crippen LogP contribution is 2.74. The Kier molecular flexibility index (Phi) is 16.4. The Morgan fingerprint density at radius 3 is 1.94 bits per heavy atom. The molecule has 0 aromatic carbocycles. The smallest absolute Gasteiger partial charge is 0.314 e. The van der Waals surface area contributed by atoms with Crippen molar-refractivity contribution >= 4 is 11.9 Å². The largest absolute Gasteiger partial charge is 0.463 e. The van der Waals surface area contributed by atoms with Gasteiger partial charge in [-0.2, -0.15) is 0 Å². The fourth-order valence-electron chi connectivity index (χ4n) is 13.6. The van der Waals surface area contributed by atoms with Gasteiger partial charge in [0.1, 0.15) is 98.2 Å². The zero-order valence-electron chi connectivity index (χ0n) is 39.6. The van der Waals surface area contributed by atoms with E-state index in [0.29, 0.717) is 56.9 Å². The molecule has 25 nitrogen and oxygen atoms in total. The predicted molar refractivity (Wildman–Crippen MR) is 230 cm³/mol. The quantitative estimate of drug-likeness (QED) is 0.0335. The lowest BCUT2D eigenvalue weighted by Gasteiger charge is -2.64. The third kappa shape index (κ3) is 9.96. The van der Waals surface area contributed by atoms with E-state index < -0.39 is 190 Å². The van der Waals surface area contributed by atoms with E-state index in [4.69, 9.17) is 52.8 Å². The Labute approximate surface area is 408 Å². The highest BCUT2D eigenvalue weighted by molar-refractivity contribution is 5.77. The van der Waals surface area contributed by atoms with Crippen molar-refractivity contribution in [3.8, 4) is 0 Å². The third-order valence-electron chi connectivity index (χ3n) is 17.3. The molecule has 11 unspecified atom stereocenters. The SMILES string of the molecule is C=C1C[C@@]23CC[C@H]4[C@@](C)(CCC[C@@]4(C)C(=O)O[C@@H]4OC(COC(=O)CC(O)O)[C@@H](O)C(O)C4O)[C@@H]2CC[C@]1(O[C@@H]1OC(CO)[C@@H](O)C(O[C@@H]2OC(CO)[C@@H](O)C(O)C2O)C1O[C@@H]1OC[C@@H](O)C(O)C1O)C3. The van der Waals surface area contributed by atoms with E-state index in [-0.39, 0.29) is 11.8 Å². The van der Waals surface area contributed by atoms with E-state index in [1.54, 1.807) is 6.92 Å². The molecule has 0 aromatic rings. The maximum atomic E-state index is 14.5. The average molecular weight is 1030 g/mol. The fraction of sp³-hybridized carbons (Fsp3) is 0.913. The molecule has 4 saturated carbocycles. The van der Waals surface area contributed by atoms with Crippen molar-refractivity contribution in [1.29, 1.82) is 0 Å². The van der Waals surface area contributed by atoms with Crippen LogP contribution in [0.2, 0.25) is 0 Å². The lowest BCUT2D eigenvalue weighted by Crippen LogP contribution is -2.67. The van der Waals surface area contributed by atoms with Gasteiger partial charge in [-0.05, 0) is 86.5 Å². The minimum absolute atomic E-state index is 0.00514. The number of carbonyl (C=O) groups is 2. The molecule has 25 heteroatoms. The predicted octanol–water partition coefficient (Wildman–Crippen LogP) is -5.22. The van der Waals surface area contributed by atoms with Crippen LogP contribution < -0.4 is 0 Å². The number of rotatable bonds is 14. The molecule has 2 bridgehead atoms. The fourth-order valence-corrected chi connectivity index (χ4v) is 13.6. The molecule has 0 amide bonds. The van der Waals surface area contributed by atoms with Gasteiger partial charge in [-0.15, -0.1) is 0 Å². The molecule has 14 N–H and O–H groups in total. The molecule has 406 valence electrons. The number of fused-ring (bicyclic) bond motifs is 3. The molecule has 4 aliphatic carbocycles. The van der Waals surface area contributed by atoms with Gasteiger partial charge in [0.2, 0.25) is 6.29 Å². The van der Waals surface area contributed by atoms with Crippen LogP contribution >= 0.6 is 0 Å². The van der Waals surface area contributed by atoms with Gasteiger partial charge in [-0.3, -0.25) is 9.59 Å². The van der Waals surface area contributed by atoms with Gasteiger partial charge in [-0.25, -0.2) is 0 Å². The number of hydrogen-bond acceptors (Lipinski definition) is 25. The number of esters is 2. The maximum Gasteiger partial charge on any atom is 0.314 e. The number of hydrogen-bond donors (Lipinski definition) is 14. The summed E-state index contributed by atoms with van der Waals surface area (Å²) >= 11 is 0. The van der Waals surface area contributed by atoms with E-state index in [1.807, 2.05) is 0 Å². The molecule has 4 heterocycles. The second-order valence-corrected chi connectivity index (χ2v) is 21.5. The van der Waals surface area contributed by atoms with Crippen molar-refractivity contribution in [2.24, 2.45) is 28.1 Å². The first-order valence-corrected chi connectivity index (χ1v) is 24.4. The van der Waals surface area contributed by atoms with E-state index in [9.17, 15) is 70.9 Å². The van der Waals surface area contributed by atoms with Crippen LogP contribution in [0, 0.1) is 28.1 Å². The number of ether oxygens (including phenoxy) is 9. The first-order valence-electron chi connectivity index (χ1n) is 24.4. The topological polar surface area (TPSA) is 400 Å². The molecule has 0 aromatic heterocycles. The molecular weight excluding hydrogens is 952 g/mol. The van der Waals surface area contributed by atoms with Crippen molar-refractivity contribution in [1.82, 2.24) is 0 Å². The third-order valence-corrected chi connectivity index (χ3v) is 17.3. The summed E-state index contributed by atoms with van der Waals surface area (Å²) in [7, 11) is 0. The Morgan fingerprint density at radius 1 is 0.676 bits per heavy atom. The van der Waals surface area contributed by atoms with Gasteiger partial charge in [0.15, 0.2) is 25.2 Å². The van der Waals surface area contributed by atoms with Crippen molar-refractivity contribution in [3.05, 3.63) is 12.2 Å². The monoisotopic (exact) mass is 1020 g/mol. The molecule has 4 aliphatic heterocycles. The molecule has 8 fully saturated rings. The van der Waals surface area contributed by atoms with E-state index in [1.165, 1.54) is 0 Å². The summed E-state index contributed by atoms with van der Waals surface area (Å²) in [6, 6.07) is 0. The highest BCUT2D eigenvalue weighted by atomic mass is 16.8. The van der Waals surface area contributed by atoms with Crippen molar-refractivity contribution < 1.29 is 124 Å². The second kappa shape index (κ2) is 21.1. The van der Waals surface area contributed by atoms with E-state index in [0.717, 1.165) is 6.42 Å². The minimum Gasteiger partial charge on any atom is -0.463 e. The van der Waals surface area contributed by atoms with Crippen LogP contribution in [-0.4, -0.2) is 238 Å². The average Bonchev–Trinajstić information content (AvgIpc) is 3.52. The highest BCUT2D eigenvalue weighted by Gasteiger charge is 2.70. The lowest BCUT2D eigenvalue weighted by atomic mass is 9.41. The molecule has 71 heavy (non-hydrogen) atoms. The van der Waals surface area contributed by atoms with Gasteiger partial charge < -0.3 is 114 Å². The molecule has 25 atom stereocenters. The number of carbonyl (C=O) groups excluding carboxylic acids is 2. The Morgan fingerprint density at radius 2 is 1.27 bits per heavy atom. The minimum atomic E-state index is -1.99. The zero-order valence-corrected chi connectivity index (χ0v) is 39.6. The zero-order chi connectivity index (χ0) is 51.7. The van der Waals surface area contributed by atoms with Gasteiger partial charge in [-0.1, -0.05) is 19.9 Å². The first kappa shape index (κ1) is 55.1. The molecule has 4 saturated heterocycles. The summed E-state index contributed by atoms with van der Waals surface area (Å²) in [5.41, 5.74) is -2.46. The standard InChI is InChI=1S/C46H72O25/c1-18-12-45-9-5-23-43(2,7-4-8-44(23,3)42(62)70-40-35(61)32(58)29(55)22(67-40)16-63-26(52)11-25(50)51)24(45)6-10-46(18,17-45)71-41-37(69-38-33(59)27(53)19(49)15-64-38)36(30(56)21(14-48)66-41)68-39-34(60)31(57)28(54)20(13-47)65-39/h19-25,27-41,47-51,53-61H,1,4-17H2,2-3H3/t19-,20?,21?,22?,23+,24+,27?,28-,29-,30-,31?,32?,33?,34?,35?,36?,37?,38+,39+,40+,41+,43-,44-,45-,46+/m1/s1. The van der Waals surface area contributed by atoms with Crippen LogP contribution in [-0.2, 0) is 52.2 Å². The van der Waals surface area contributed by atoms with Gasteiger partial charge >= 0.3 is 11.9 Å². The van der Waals surface area contributed by atoms with Crippen LogP contribution in [0.1, 0.15) is 78.1 Å². The summed E-state index contributed by atoms with van der Waals surface area (Å²) in [5.74, 6) is -2.00. The van der Waals surface area contributed by atoms with Crippen molar-refractivity contribution in [2.75, 3.05) is 26.4 Å². The van der Waals surface area contributed by atoms with Gasteiger partial charge in [0.25, 0.3) is 0 Å². The van der Waals surface area contributed by atoms with Crippen molar-refractivity contribution in [3.63, 3.8) is 0 Å². The van der Waals surface area contributed by atoms with E-state index >= 15 is 0 Å². The molecule has 0 radical (unpaired) electrons. The summed E-state index contributed by atoms with van der Waals surface area (Å²) in [4.78, 5) is 26.5. The molecule has 1 spiro atoms. The van der Waals surface area contributed by atoms with Crippen LogP contribution in [0.3, 0.4) is 0 Å². The first-order chi connectivity index (χ1) is 33.4. The molecule has 8 rings (SSSR count). The summed E-state index contributed by atoms with van der Waals surface area (Å²) < 4.78 is 53.3. The summed E-state index contributed by atoms with van der Waals surface area (Å²) in [6.45, 7) is 5.74. The van der Waals surface area contributed by atoms with E-state index in [2.05, 4.69) is 13.5 Å². The summed E-state index contributed by atoms with van der Waals surface area (Å²) in [5, 5.41) is 146. The van der Waals surface area contributed by atoms with Gasteiger partial charge in [0.05, 0.1) is 37.3 Å². The molecular formula is C46H72O25. The Bertz CT molecular complexity index is 1890. The number of aliphatic hydroxyl groups is 14. The normalized spacial score (nSPS) is 51.1. The molecule has 8 aliphatic rings. The van der Waals surface area contributed by atoms with Crippen LogP contribution in [0.4, 0.5) is 0 Å². The van der Waals surface area contributed by atoms with Crippen LogP contribution in [0.5, 0.6) is 0 Å². The maximum absolute atomic E-state index is 14.5. The second-order valence-electron chi connectivity index (χ2n) is 21.5. The Balaban J connectivity index is 1.02. The summed E-state index contributed by atoms with van der Waals surface area (Å²) in [6.07, 6.45) is -30.4. The Hall–Kier alpha value is -2.16. The lowest BCUT2D eigenvalue weighted by molar-refractivity contribution is -0.395. The van der Waals surface area contributed by atoms with Crippen LogP contribution in [0.25, 0.3) is 0 Å². The van der Waals surface area contributed by atoms with Crippen LogP contribution in [0.15, 0.2) is 12.2 Å². The van der Waals surface area contributed by atoms with Crippen molar-refractivity contribution in [2.45, 2.75) is 207 Å². The number of aliphatic hydroxyl groups excluding tert-OH is 13. The van der Waals surface area contributed by atoms with Gasteiger partial charge in [0, 0.05) is 0 Å².